The molecule has 0 aliphatic carbocycles. The van der Waals surface area contributed by atoms with Gasteiger partial charge in [-0.2, -0.15) is 0 Å². The Balaban J connectivity index is 1.81. The second-order valence-electron chi connectivity index (χ2n) is 4.41. The van der Waals surface area contributed by atoms with Crippen molar-refractivity contribution in [3.8, 4) is 0 Å². The number of hydrogen-bond donors (Lipinski definition) is 0. The van der Waals surface area contributed by atoms with E-state index >= 15 is 0 Å². The molecule has 0 amide bonds. The van der Waals surface area contributed by atoms with Gasteiger partial charge in [-0.1, -0.05) is 59.6 Å². The number of halogens is 2. The van der Waals surface area contributed by atoms with Gasteiger partial charge in [0, 0.05) is 12.5 Å². The van der Waals surface area contributed by atoms with Crippen molar-refractivity contribution in [2.75, 3.05) is 6.61 Å². The molecule has 4 heteroatoms. The summed E-state index contributed by atoms with van der Waals surface area (Å²) in [5.41, 5.74) is 1.93. The third-order valence-corrected chi connectivity index (χ3v) is 3.57. The average Bonchev–Trinajstić information content (AvgIpc) is 2.49. The predicted molar refractivity (Wildman–Crippen MR) is 86.6 cm³/mol. The van der Waals surface area contributed by atoms with Crippen molar-refractivity contribution < 1.29 is 9.53 Å². The lowest BCUT2D eigenvalue weighted by molar-refractivity contribution is -0.137. The summed E-state index contributed by atoms with van der Waals surface area (Å²) in [6.45, 7) is 0.356. The Bertz CT molecular complexity index is 636. The van der Waals surface area contributed by atoms with Crippen LogP contribution in [0.2, 0.25) is 10.0 Å². The van der Waals surface area contributed by atoms with E-state index < -0.39 is 0 Å². The second kappa shape index (κ2) is 7.87. The van der Waals surface area contributed by atoms with Gasteiger partial charge in [-0.3, -0.25) is 0 Å². The van der Waals surface area contributed by atoms with E-state index in [1.165, 1.54) is 6.08 Å². The molecule has 0 aliphatic heterocycles. The lowest BCUT2D eigenvalue weighted by atomic mass is 10.2. The highest BCUT2D eigenvalue weighted by Gasteiger charge is 2.00. The minimum Gasteiger partial charge on any atom is -0.462 e. The van der Waals surface area contributed by atoms with E-state index in [0.29, 0.717) is 23.1 Å². The standard InChI is InChI=1S/C17H14Cl2O2/c18-15-8-6-14(12-16(15)19)7-9-17(20)21-11-10-13-4-2-1-3-5-13/h1-9,12H,10-11H2/b9-7+. The van der Waals surface area contributed by atoms with Crippen LogP contribution < -0.4 is 0 Å². The molecule has 21 heavy (non-hydrogen) atoms. The number of hydrogen-bond acceptors (Lipinski definition) is 2. The van der Waals surface area contributed by atoms with Gasteiger partial charge in [0.15, 0.2) is 0 Å². The van der Waals surface area contributed by atoms with Crippen molar-refractivity contribution in [2.24, 2.45) is 0 Å². The summed E-state index contributed by atoms with van der Waals surface area (Å²) in [5, 5.41) is 0.940. The number of rotatable bonds is 5. The molecule has 0 aliphatic rings. The maximum absolute atomic E-state index is 11.6. The Morgan fingerprint density at radius 1 is 1.05 bits per heavy atom. The van der Waals surface area contributed by atoms with Crippen LogP contribution in [0.25, 0.3) is 6.08 Å². The van der Waals surface area contributed by atoms with Gasteiger partial charge < -0.3 is 4.74 Å². The molecule has 0 fully saturated rings. The third-order valence-electron chi connectivity index (χ3n) is 2.83. The van der Waals surface area contributed by atoms with E-state index in [2.05, 4.69) is 0 Å². The molecular weight excluding hydrogens is 307 g/mol. The first-order valence-corrected chi connectivity index (χ1v) is 7.24. The number of ether oxygens (including phenoxy) is 1. The van der Waals surface area contributed by atoms with Crippen molar-refractivity contribution in [1.82, 2.24) is 0 Å². The Kier molecular flexibility index (Phi) is 5.85. The van der Waals surface area contributed by atoms with Crippen LogP contribution in [0.5, 0.6) is 0 Å². The molecule has 2 aromatic rings. The van der Waals surface area contributed by atoms with E-state index in [9.17, 15) is 4.79 Å². The van der Waals surface area contributed by atoms with Gasteiger partial charge in [-0.15, -0.1) is 0 Å². The maximum Gasteiger partial charge on any atom is 0.330 e. The monoisotopic (exact) mass is 320 g/mol. The second-order valence-corrected chi connectivity index (χ2v) is 5.22. The Hall–Kier alpha value is -1.77. The molecular formula is C17H14Cl2O2. The third kappa shape index (κ3) is 5.25. The highest BCUT2D eigenvalue weighted by molar-refractivity contribution is 6.42. The van der Waals surface area contributed by atoms with Crippen molar-refractivity contribution in [3.05, 3.63) is 75.8 Å². The molecule has 0 saturated carbocycles. The van der Waals surface area contributed by atoms with Crippen LogP contribution in [-0.2, 0) is 16.0 Å². The van der Waals surface area contributed by atoms with E-state index in [0.717, 1.165) is 11.1 Å². The van der Waals surface area contributed by atoms with Gasteiger partial charge in [-0.25, -0.2) is 4.79 Å². The van der Waals surface area contributed by atoms with Crippen LogP contribution in [0.1, 0.15) is 11.1 Å². The number of carbonyl (C=O) groups is 1. The summed E-state index contributed by atoms with van der Waals surface area (Å²) < 4.78 is 5.14. The zero-order chi connectivity index (χ0) is 15.1. The molecule has 0 heterocycles. The molecule has 0 spiro atoms. The van der Waals surface area contributed by atoms with Crippen LogP contribution in [0, 0.1) is 0 Å². The smallest absolute Gasteiger partial charge is 0.330 e. The van der Waals surface area contributed by atoms with Gasteiger partial charge in [0.25, 0.3) is 0 Å². The lowest BCUT2D eigenvalue weighted by Crippen LogP contribution is -2.04. The van der Waals surface area contributed by atoms with Crippen LogP contribution in [0.3, 0.4) is 0 Å². The highest BCUT2D eigenvalue weighted by Crippen LogP contribution is 2.23. The fraction of sp³-hybridized carbons (Fsp3) is 0.118. The minimum absolute atomic E-state index is 0.356. The quantitative estimate of drug-likeness (QED) is 0.584. The molecule has 2 rings (SSSR count). The molecule has 0 aromatic heterocycles. The van der Waals surface area contributed by atoms with Crippen molar-refractivity contribution in [1.29, 1.82) is 0 Å². The molecule has 0 saturated heterocycles. The Morgan fingerprint density at radius 3 is 2.52 bits per heavy atom. The molecule has 0 N–H and O–H groups in total. The largest absolute Gasteiger partial charge is 0.462 e. The van der Waals surface area contributed by atoms with Crippen molar-refractivity contribution in [3.63, 3.8) is 0 Å². The van der Waals surface area contributed by atoms with Crippen molar-refractivity contribution in [2.45, 2.75) is 6.42 Å². The summed E-state index contributed by atoms with van der Waals surface area (Å²) in [5.74, 6) is -0.378. The topological polar surface area (TPSA) is 26.3 Å². The molecule has 108 valence electrons. The van der Waals surface area contributed by atoms with Crippen molar-refractivity contribution >= 4 is 35.2 Å². The van der Waals surface area contributed by atoms with Crippen LogP contribution >= 0.6 is 23.2 Å². The molecule has 2 aromatic carbocycles. The lowest BCUT2D eigenvalue weighted by Gasteiger charge is -2.02. The van der Waals surface area contributed by atoms with Gasteiger partial charge >= 0.3 is 5.97 Å². The average molecular weight is 321 g/mol. The fourth-order valence-electron chi connectivity index (χ4n) is 1.74. The zero-order valence-corrected chi connectivity index (χ0v) is 12.8. The Morgan fingerprint density at radius 2 is 1.81 bits per heavy atom. The van der Waals surface area contributed by atoms with E-state index in [4.69, 9.17) is 27.9 Å². The van der Waals surface area contributed by atoms with Gasteiger partial charge in [0.05, 0.1) is 16.7 Å². The molecule has 0 bridgehead atoms. The van der Waals surface area contributed by atoms with E-state index in [1.807, 2.05) is 30.3 Å². The first-order valence-electron chi connectivity index (χ1n) is 6.49. The summed E-state index contributed by atoms with van der Waals surface area (Å²) in [7, 11) is 0. The predicted octanol–water partition coefficient (Wildman–Crippen LogP) is 4.79. The molecule has 0 unspecified atom stereocenters. The summed E-state index contributed by atoms with van der Waals surface area (Å²) in [4.78, 5) is 11.6. The number of carbonyl (C=O) groups excluding carboxylic acids is 1. The summed E-state index contributed by atoms with van der Waals surface area (Å²) in [6, 6.07) is 15.0. The molecule has 0 radical (unpaired) electrons. The van der Waals surface area contributed by atoms with Crippen LogP contribution in [0.15, 0.2) is 54.6 Å². The number of esters is 1. The maximum atomic E-state index is 11.6. The molecule has 2 nitrogen and oxygen atoms in total. The normalized spacial score (nSPS) is 10.8. The fourth-order valence-corrected chi connectivity index (χ4v) is 2.05. The van der Waals surface area contributed by atoms with Gasteiger partial charge in [-0.05, 0) is 29.3 Å². The molecule has 0 atom stereocenters. The highest BCUT2D eigenvalue weighted by atomic mass is 35.5. The van der Waals surface area contributed by atoms with E-state index in [-0.39, 0.29) is 5.97 Å². The van der Waals surface area contributed by atoms with E-state index in [1.54, 1.807) is 24.3 Å². The first kappa shape index (κ1) is 15.6. The minimum atomic E-state index is -0.378. The number of benzene rings is 2. The van der Waals surface area contributed by atoms with Crippen LogP contribution in [0.4, 0.5) is 0 Å². The first-order chi connectivity index (χ1) is 10.1. The SMILES string of the molecule is O=C(/C=C/c1ccc(Cl)c(Cl)c1)OCCc1ccccc1. The van der Waals surface area contributed by atoms with Gasteiger partial charge in [0.2, 0.25) is 0 Å². The van der Waals surface area contributed by atoms with Gasteiger partial charge in [0.1, 0.15) is 0 Å². The summed E-state index contributed by atoms with van der Waals surface area (Å²) in [6.07, 6.45) is 3.73. The van der Waals surface area contributed by atoms with Crippen LogP contribution in [-0.4, -0.2) is 12.6 Å². The zero-order valence-electron chi connectivity index (χ0n) is 11.3. The Labute approximate surface area is 134 Å². The summed E-state index contributed by atoms with van der Waals surface area (Å²) >= 11 is 11.7.